The summed E-state index contributed by atoms with van der Waals surface area (Å²) in [7, 11) is -0.525. The minimum atomic E-state index is -0.525. The number of hydrogen-bond donors (Lipinski definition) is 0. The highest BCUT2D eigenvalue weighted by molar-refractivity contribution is 14.1. The third-order valence-electron chi connectivity index (χ3n) is 6.55. The van der Waals surface area contributed by atoms with E-state index in [-0.39, 0.29) is 0 Å². The molecule has 0 saturated heterocycles. The molecule has 2 aliphatic rings. The van der Waals surface area contributed by atoms with E-state index in [4.69, 9.17) is 0 Å². The molecule has 0 N–H and O–H groups in total. The lowest BCUT2D eigenvalue weighted by Gasteiger charge is -2.08. The third kappa shape index (κ3) is 2.52. The van der Waals surface area contributed by atoms with E-state index in [1.54, 1.807) is 0 Å². The zero-order chi connectivity index (χ0) is 20.5. The van der Waals surface area contributed by atoms with Crippen LogP contribution in [0.5, 0.6) is 0 Å². The lowest BCUT2D eigenvalue weighted by atomic mass is 9.98. The maximum absolute atomic E-state index is 2.51. The largest absolute Gasteiger partial charge is 0.348 e. The monoisotopic (exact) mass is 526 g/mol. The summed E-state index contributed by atoms with van der Waals surface area (Å²) in [5.74, 6) is 0. The van der Waals surface area contributed by atoms with Crippen molar-refractivity contribution in [1.29, 1.82) is 0 Å². The van der Waals surface area contributed by atoms with Crippen molar-refractivity contribution in [2.45, 2.75) is 6.04 Å². The molecule has 2 atom stereocenters. The van der Waals surface area contributed by atoms with Gasteiger partial charge in [-0.15, -0.1) is 0 Å². The fourth-order valence-electron chi connectivity index (χ4n) is 5.15. The molecule has 0 spiro atoms. The van der Waals surface area contributed by atoms with Gasteiger partial charge < -0.3 is 0 Å². The van der Waals surface area contributed by atoms with Crippen molar-refractivity contribution in [3.05, 3.63) is 112 Å². The molecule has 0 radical (unpaired) electrons. The van der Waals surface area contributed by atoms with Crippen LogP contribution in [0.4, 0.5) is 0 Å². The Balaban J connectivity index is 1.67. The average molecular weight is 526 g/mol. The summed E-state index contributed by atoms with van der Waals surface area (Å²) < 4.78 is 2.43. The van der Waals surface area contributed by atoms with Gasteiger partial charge >= 0.3 is 22.9 Å². The number of benzene rings is 4. The second-order valence-electron chi connectivity index (χ2n) is 8.23. The van der Waals surface area contributed by atoms with Crippen LogP contribution in [-0.4, -0.2) is 6.04 Å². The SMILES string of the molecule is I[N+]1=c2cc3c(cc2=C2C=c4ccccc4=CC21)c1ccccc1p3-c1ccccc1. The van der Waals surface area contributed by atoms with E-state index in [1.165, 1.54) is 52.9 Å². The summed E-state index contributed by atoms with van der Waals surface area (Å²) >= 11 is 2.51. The Hall–Kier alpha value is -2.68. The Morgan fingerprint density at radius 2 is 1.45 bits per heavy atom. The third-order valence-corrected chi connectivity index (χ3v) is 10.2. The number of nitrogens with zero attached hydrogens (tertiary/aromatic N) is 1. The molecular weight excluding hydrogens is 508 g/mol. The highest BCUT2D eigenvalue weighted by Crippen LogP contribution is 2.54. The molecule has 1 aliphatic carbocycles. The maximum Gasteiger partial charge on any atom is 0.348 e. The van der Waals surface area contributed by atoms with Gasteiger partial charge in [-0.05, 0) is 44.7 Å². The van der Waals surface area contributed by atoms with Gasteiger partial charge in [0.05, 0.1) is 5.22 Å². The minimum absolute atomic E-state index is 0.297. The molecule has 1 aromatic heterocycles. The quantitative estimate of drug-likeness (QED) is 0.222. The van der Waals surface area contributed by atoms with E-state index in [0.29, 0.717) is 6.04 Å². The van der Waals surface area contributed by atoms with Crippen LogP contribution >= 0.6 is 30.4 Å². The fraction of sp³-hybridized carbons (Fsp3) is 0.0357. The standard InChI is InChI=1S/C28H18INP/c29-30-25-15-19-9-5-4-8-18(19)14-22(25)23-16-24-21-12-6-7-13-27(21)31(28(24)17-26(23)30)20-10-2-1-3-11-20/h1-17,25H/q+1. The molecule has 7 rings (SSSR count). The van der Waals surface area contributed by atoms with Gasteiger partial charge in [-0.25, -0.2) is 0 Å². The number of hydrogen-bond acceptors (Lipinski definition) is 0. The first-order valence-electron chi connectivity index (χ1n) is 10.5. The molecule has 0 fully saturated rings. The van der Waals surface area contributed by atoms with Gasteiger partial charge in [-0.1, -0.05) is 86.4 Å². The molecule has 31 heavy (non-hydrogen) atoms. The molecular formula is C28H18INP+. The van der Waals surface area contributed by atoms with Crippen LogP contribution < -0.4 is 23.8 Å². The smallest absolute Gasteiger partial charge is 0.157 e. The molecule has 0 bridgehead atoms. The van der Waals surface area contributed by atoms with Crippen LogP contribution in [0.1, 0.15) is 0 Å². The summed E-state index contributed by atoms with van der Waals surface area (Å²) in [6.45, 7) is 0. The Morgan fingerprint density at radius 3 is 2.32 bits per heavy atom. The van der Waals surface area contributed by atoms with E-state index >= 15 is 0 Å². The van der Waals surface area contributed by atoms with Crippen molar-refractivity contribution in [3.8, 4) is 5.30 Å². The lowest BCUT2D eigenvalue weighted by molar-refractivity contribution is 0.919. The zero-order valence-electron chi connectivity index (χ0n) is 16.7. The molecule has 3 heteroatoms. The average Bonchev–Trinajstić information content (AvgIpc) is 3.29. The van der Waals surface area contributed by atoms with Crippen molar-refractivity contribution in [2.24, 2.45) is 0 Å². The molecule has 2 unspecified atom stereocenters. The maximum atomic E-state index is 2.51. The summed E-state index contributed by atoms with van der Waals surface area (Å²) in [6, 6.07) is 34.0. The van der Waals surface area contributed by atoms with E-state index < -0.39 is 7.53 Å². The van der Waals surface area contributed by atoms with Gasteiger partial charge in [0.25, 0.3) is 0 Å². The normalized spacial score (nSPS) is 17.2. The van der Waals surface area contributed by atoms with Gasteiger partial charge in [0, 0.05) is 21.9 Å². The first-order chi connectivity index (χ1) is 15.3. The molecule has 5 aromatic rings. The van der Waals surface area contributed by atoms with Gasteiger partial charge in [0.1, 0.15) is 0 Å². The zero-order valence-corrected chi connectivity index (χ0v) is 19.7. The lowest BCUT2D eigenvalue weighted by Crippen LogP contribution is -2.34. The van der Waals surface area contributed by atoms with Crippen molar-refractivity contribution in [3.63, 3.8) is 0 Å². The summed E-state index contributed by atoms with van der Waals surface area (Å²) in [5, 5.41) is 12.6. The molecule has 1 nitrogen and oxygen atoms in total. The van der Waals surface area contributed by atoms with Crippen molar-refractivity contribution < 1.29 is 0 Å². The first kappa shape index (κ1) is 17.9. The van der Waals surface area contributed by atoms with Crippen LogP contribution in [0, 0.1) is 0 Å². The molecule has 0 saturated carbocycles. The Labute approximate surface area is 194 Å². The van der Waals surface area contributed by atoms with Crippen LogP contribution in [0.25, 0.3) is 44.0 Å². The predicted octanol–water partition coefficient (Wildman–Crippen LogP) is 4.62. The fourth-order valence-corrected chi connectivity index (χ4v) is 8.64. The van der Waals surface area contributed by atoms with E-state index in [2.05, 4.69) is 129 Å². The highest BCUT2D eigenvalue weighted by Gasteiger charge is 2.31. The molecule has 2 heterocycles. The van der Waals surface area contributed by atoms with Crippen LogP contribution in [0.15, 0.2) is 91.0 Å². The van der Waals surface area contributed by atoms with Gasteiger partial charge in [-0.2, -0.15) is 2.79 Å². The van der Waals surface area contributed by atoms with E-state index in [1.807, 2.05) is 0 Å². The Kier molecular flexibility index (Phi) is 3.85. The Morgan fingerprint density at radius 1 is 0.710 bits per heavy atom. The summed E-state index contributed by atoms with van der Waals surface area (Å²) in [6.07, 6.45) is 4.81. The summed E-state index contributed by atoms with van der Waals surface area (Å²) in [5.41, 5.74) is 1.42. The van der Waals surface area contributed by atoms with Crippen molar-refractivity contribution >= 4 is 69.1 Å². The van der Waals surface area contributed by atoms with Gasteiger partial charge in [0.15, 0.2) is 0 Å². The molecule has 1 aliphatic heterocycles. The van der Waals surface area contributed by atoms with Crippen LogP contribution in [0.2, 0.25) is 0 Å². The minimum Gasteiger partial charge on any atom is -0.157 e. The second kappa shape index (κ2) is 6.66. The van der Waals surface area contributed by atoms with Crippen LogP contribution in [-0.2, 0) is 0 Å². The molecule has 0 amide bonds. The van der Waals surface area contributed by atoms with E-state index in [9.17, 15) is 0 Å². The van der Waals surface area contributed by atoms with Crippen LogP contribution in [0.3, 0.4) is 0 Å². The first-order valence-corrected chi connectivity index (χ1v) is 12.8. The Bertz CT molecular complexity index is 1800. The topological polar surface area (TPSA) is 3.01 Å². The predicted molar refractivity (Wildman–Crippen MR) is 142 cm³/mol. The molecule has 4 aromatic carbocycles. The van der Waals surface area contributed by atoms with Crippen molar-refractivity contribution in [2.75, 3.05) is 0 Å². The second-order valence-corrected chi connectivity index (χ2v) is 11.4. The summed E-state index contributed by atoms with van der Waals surface area (Å²) in [4.78, 5) is 0. The highest BCUT2D eigenvalue weighted by atomic mass is 127. The number of fused-ring (bicyclic) bond motifs is 6. The van der Waals surface area contributed by atoms with Gasteiger partial charge in [0.2, 0.25) is 11.4 Å². The molecule has 146 valence electrons. The van der Waals surface area contributed by atoms with E-state index in [0.717, 1.165) is 0 Å². The number of halogens is 1. The number of rotatable bonds is 1. The van der Waals surface area contributed by atoms with Gasteiger partial charge in [-0.3, -0.25) is 0 Å². The van der Waals surface area contributed by atoms with Crippen molar-refractivity contribution in [1.82, 2.24) is 2.79 Å².